The molecule has 0 bridgehead atoms. The van der Waals surface area contributed by atoms with Crippen molar-refractivity contribution in [3.05, 3.63) is 23.5 Å². The van der Waals surface area contributed by atoms with E-state index >= 15 is 0 Å². The van der Waals surface area contributed by atoms with Gasteiger partial charge in [-0.15, -0.1) is 0 Å². The van der Waals surface area contributed by atoms with E-state index in [0.717, 1.165) is 6.20 Å². The van der Waals surface area contributed by atoms with Gasteiger partial charge in [0.25, 0.3) is 0 Å². The number of hydrogen-bond acceptors (Lipinski definition) is 3. The second kappa shape index (κ2) is 4.88. The van der Waals surface area contributed by atoms with E-state index in [1.54, 1.807) is 0 Å². The second-order valence-electron chi connectivity index (χ2n) is 3.28. The van der Waals surface area contributed by atoms with E-state index in [1.165, 1.54) is 19.2 Å². The third kappa shape index (κ3) is 3.53. The number of hydrogen-bond donors (Lipinski definition) is 1. The third-order valence-corrected chi connectivity index (χ3v) is 1.95. The molecule has 0 amide bonds. The van der Waals surface area contributed by atoms with Crippen molar-refractivity contribution in [3.63, 3.8) is 0 Å². The molecule has 7 heteroatoms. The van der Waals surface area contributed by atoms with Crippen LogP contribution >= 0.6 is 11.6 Å². The van der Waals surface area contributed by atoms with Crippen LogP contribution in [0.5, 0.6) is 5.75 Å². The molecular formula is C9H10ClF3N2O. The van der Waals surface area contributed by atoms with Gasteiger partial charge in [-0.1, -0.05) is 11.6 Å². The first kappa shape index (κ1) is 13.1. The van der Waals surface area contributed by atoms with Crippen LogP contribution in [-0.2, 0) is 0 Å². The Balaban J connectivity index is 2.84. The summed E-state index contributed by atoms with van der Waals surface area (Å²) in [6.07, 6.45) is -4.17. The molecular weight excluding hydrogens is 245 g/mol. The van der Waals surface area contributed by atoms with Gasteiger partial charge < -0.3 is 10.5 Å². The van der Waals surface area contributed by atoms with Crippen molar-refractivity contribution >= 4 is 11.6 Å². The Labute approximate surface area is 95.4 Å². The lowest BCUT2D eigenvalue weighted by atomic mass is 10.2. The molecule has 2 N–H and O–H groups in total. The normalized spacial score (nSPS) is 15.6. The van der Waals surface area contributed by atoms with Crippen LogP contribution in [0, 0.1) is 0 Å². The van der Waals surface area contributed by atoms with E-state index < -0.39 is 18.3 Å². The van der Waals surface area contributed by atoms with Crippen molar-refractivity contribution in [1.29, 1.82) is 0 Å². The van der Waals surface area contributed by atoms with E-state index in [1.807, 2.05) is 0 Å². The van der Waals surface area contributed by atoms with E-state index in [4.69, 9.17) is 22.1 Å². The molecule has 3 nitrogen and oxygen atoms in total. The van der Waals surface area contributed by atoms with Crippen LogP contribution in [0.4, 0.5) is 13.2 Å². The predicted molar refractivity (Wildman–Crippen MR) is 53.4 cm³/mol. The summed E-state index contributed by atoms with van der Waals surface area (Å²) in [7, 11) is 0. The molecule has 0 fully saturated rings. The van der Waals surface area contributed by atoms with Crippen molar-refractivity contribution in [3.8, 4) is 5.75 Å². The topological polar surface area (TPSA) is 48.1 Å². The fourth-order valence-electron chi connectivity index (χ4n) is 1.08. The van der Waals surface area contributed by atoms with Crippen LogP contribution in [-0.4, -0.2) is 23.3 Å². The molecule has 0 saturated carbocycles. The average molecular weight is 255 g/mol. The molecule has 1 heterocycles. The van der Waals surface area contributed by atoms with E-state index in [-0.39, 0.29) is 10.8 Å². The monoisotopic (exact) mass is 254 g/mol. The zero-order valence-corrected chi connectivity index (χ0v) is 9.09. The predicted octanol–water partition coefficient (Wildman–Crippen LogP) is 2.39. The first-order chi connectivity index (χ1) is 7.30. The number of aromatic nitrogens is 1. The molecule has 0 aliphatic carbocycles. The van der Waals surface area contributed by atoms with Gasteiger partial charge in [0, 0.05) is 18.3 Å². The zero-order chi connectivity index (χ0) is 12.3. The van der Waals surface area contributed by atoms with Crippen LogP contribution in [0.15, 0.2) is 18.5 Å². The highest BCUT2D eigenvalue weighted by atomic mass is 35.5. The summed E-state index contributed by atoms with van der Waals surface area (Å²) in [4.78, 5) is 3.61. The molecule has 0 saturated heterocycles. The van der Waals surface area contributed by atoms with Crippen molar-refractivity contribution in [2.24, 2.45) is 5.73 Å². The minimum absolute atomic E-state index is 0.0628. The SMILES string of the molecule is CC(N)C(Oc1cncc(Cl)c1)C(F)(F)F. The van der Waals surface area contributed by atoms with Gasteiger partial charge in [0.1, 0.15) is 5.75 Å². The highest BCUT2D eigenvalue weighted by Crippen LogP contribution is 2.27. The van der Waals surface area contributed by atoms with E-state index in [9.17, 15) is 13.2 Å². The van der Waals surface area contributed by atoms with E-state index in [2.05, 4.69) is 4.98 Å². The highest BCUT2D eigenvalue weighted by molar-refractivity contribution is 6.30. The Morgan fingerprint density at radius 2 is 2.06 bits per heavy atom. The number of nitrogens with two attached hydrogens (primary N) is 1. The molecule has 0 spiro atoms. The van der Waals surface area contributed by atoms with Crippen LogP contribution in [0.3, 0.4) is 0 Å². The Hall–Kier alpha value is -1.01. The van der Waals surface area contributed by atoms with Gasteiger partial charge in [0.2, 0.25) is 6.10 Å². The summed E-state index contributed by atoms with van der Waals surface area (Å²) in [6.45, 7) is 1.22. The lowest BCUT2D eigenvalue weighted by Gasteiger charge is -2.24. The Bertz CT molecular complexity index is 357. The molecule has 1 rings (SSSR count). The van der Waals surface area contributed by atoms with E-state index in [0.29, 0.717) is 0 Å². The molecule has 16 heavy (non-hydrogen) atoms. The number of ether oxygens (including phenoxy) is 1. The molecule has 0 aliphatic rings. The summed E-state index contributed by atoms with van der Waals surface area (Å²) >= 11 is 5.57. The maximum absolute atomic E-state index is 12.5. The van der Waals surface area contributed by atoms with Crippen molar-refractivity contribution < 1.29 is 17.9 Å². The van der Waals surface area contributed by atoms with Crippen LogP contribution in [0.1, 0.15) is 6.92 Å². The second-order valence-corrected chi connectivity index (χ2v) is 3.71. The molecule has 2 unspecified atom stereocenters. The number of pyridine rings is 1. The van der Waals surface area contributed by atoms with Crippen molar-refractivity contribution in [2.75, 3.05) is 0 Å². The molecule has 0 aromatic carbocycles. The van der Waals surface area contributed by atoms with Gasteiger partial charge in [0.05, 0.1) is 11.2 Å². The van der Waals surface area contributed by atoms with Gasteiger partial charge in [-0.05, 0) is 6.92 Å². The Kier molecular flexibility index (Phi) is 3.98. The van der Waals surface area contributed by atoms with Crippen LogP contribution < -0.4 is 10.5 Å². The molecule has 1 aromatic heterocycles. The molecule has 1 aromatic rings. The average Bonchev–Trinajstić information content (AvgIpc) is 2.12. The quantitative estimate of drug-likeness (QED) is 0.901. The summed E-state index contributed by atoms with van der Waals surface area (Å²) in [5.41, 5.74) is 5.21. The first-order valence-electron chi connectivity index (χ1n) is 4.40. The highest BCUT2D eigenvalue weighted by Gasteiger charge is 2.44. The fourth-order valence-corrected chi connectivity index (χ4v) is 1.24. The van der Waals surface area contributed by atoms with Gasteiger partial charge in [-0.3, -0.25) is 4.98 Å². The summed E-state index contributed by atoms with van der Waals surface area (Å²) in [5.74, 6) is -0.0628. The van der Waals surface area contributed by atoms with Crippen LogP contribution in [0.25, 0.3) is 0 Å². The van der Waals surface area contributed by atoms with Gasteiger partial charge in [0.15, 0.2) is 0 Å². The largest absolute Gasteiger partial charge is 0.478 e. The fraction of sp³-hybridized carbons (Fsp3) is 0.444. The lowest BCUT2D eigenvalue weighted by Crippen LogP contribution is -2.47. The Morgan fingerprint density at radius 1 is 1.44 bits per heavy atom. The minimum atomic E-state index is -4.53. The van der Waals surface area contributed by atoms with Crippen molar-refractivity contribution in [2.45, 2.75) is 25.2 Å². The van der Waals surface area contributed by atoms with Gasteiger partial charge >= 0.3 is 6.18 Å². The Morgan fingerprint density at radius 3 is 2.50 bits per heavy atom. The van der Waals surface area contributed by atoms with Crippen LogP contribution in [0.2, 0.25) is 5.02 Å². The minimum Gasteiger partial charge on any atom is -0.478 e. The molecule has 0 aliphatic heterocycles. The van der Waals surface area contributed by atoms with Crippen molar-refractivity contribution in [1.82, 2.24) is 4.98 Å². The van der Waals surface area contributed by atoms with Gasteiger partial charge in [-0.25, -0.2) is 0 Å². The summed E-state index contributed by atoms with van der Waals surface area (Å²) in [6, 6.07) is 0.0642. The number of rotatable bonds is 3. The number of nitrogens with zero attached hydrogens (tertiary/aromatic N) is 1. The third-order valence-electron chi connectivity index (χ3n) is 1.74. The molecule has 0 radical (unpaired) electrons. The first-order valence-corrected chi connectivity index (χ1v) is 4.78. The maximum Gasteiger partial charge on any atom is 0.426 e. The smallest absolute Gasteiger partial charge is 0.426 e. The molecule has 2 atom stereocenters. The van der Waals surface area contributed by atoms with Gasteiger partial charge in [-0.2, -0.15) is 13.2 Å². The lowest BCUT2D eigenvalue weighted by molar-refractivity contribution is -0.199. The standard InChI is InChI=1S/C9H10ClF3N2O/c1-5(14)8(9(11,12)13)16-7-2-6(10)3-15-4-7/h2-5,8H,14H2,1H3. The summed E-state index contributed by atoms with van der Waals surface area (Å²) < 4.78 is 42.2. The maximum atomic E-state index is 12.5. The number of alkyl halides is 3. The molecule has 90 valence electrons. The number of halogens is 4. The summed E-state index contributed by atoms with van der Waals surface area (Å²) in [5, 5.41) is 0.197. The zero-order valence-electron chi connectivity index (χ0n) is 8.33.